The minimum atomic E-state index is -0.840. The van der Waals surface area contributed by atoms with Gasteiger partial charge in [-0.3, -0.25) is 23.7 Å². The van der Waals surface area contributed by atoms with E-state index in [1.807, 2.05) is 11.6 Å². The number of carbonyl (C=O) groups excluding carboxylic acids is 2. The van der Waals surface area contributed by atoms with Crippen LogP contribution in [0.15, 0.2) is 11.0 Å². The number of amides is 1. The highest BCUT2D eigenvalue weighted by molar-refractivity contribution is 7.52. The molecular formula is C15H18N3O4P. The SMILES string of the molecule is CC1CCN(C2CC2)P2Cn3cc(C=O)c(=O)c(O)c3C(=O)N12. The lowest BCUT2D eigenvalue weighted by molar-refractivity contribution is 0.0767. The van der Waals surface area contributed by atoms with Gasteiger partial charge in [0.1, 0.15) is 0 Å². The fourth-order valence-electron chi connectivity index (χ4n) is 3.44. The molecule has 1 aromatic rings. The summed E-state index contributed by atoms with van der Waals surface area (Å²) in [7, 11) is -0.840. The van der Waals surface area contributed by atoms with Crippen LogP contribution >= 0.6 is 8.22 Å². The molecule has 2 atom stereocenters. The average molecular weight is 335 g/mol. The Hall–Kier alpha value is -1.72. The van der Waals surface area contributed by atoms with Crippen LogP contribution < -0.4 is 5.43 Å². The lowest BCUT2D eigenvalue weighted by atomic mass is 10.2. The van der Waals surface area contributed by atoms with Crippen molar-refractivity contribution in [3.8, 4) is 5.75 Å². The monoisotopic (exact) mass is 335 g/mol. The average Bonchev–Trinajstić information content (AvgIpc) is 3.35. The summed E-state index contributed by atoms with van der Waals surface area (Å²) in [5, 5.41) is 10.1. The zero-order valence-electron chi connectivity index (χ0n) is 12.8. The van der Waals surface area contributed by atoms with Crippen molar-refractivity contribution in [2.75, 3.05) is 6.54 Å². The molecule has 4 rings (SSSR count). The predicted octanol–water partition coefficient (Wildman–Crippen LogP) is 1.35. The Balaban J connectivity index is 1.84. The van der Waals surface area contributed by atoms with Gasteiger partial charge in [-0.2, -0.15) is 0 Å². The molecule has 0 radical (unpaired) electrons. The quantitative estimate of drug-likeness (QED) is 0.652. The molecule has 2 aliphatic heterocycles. The zero-order chi connectivity index (χ0) is 16.3. The number of rotatable bonds is 2. The molecule has 2 fully saturated rings. The van der Waals surface area contributed by atoms with Gasteiger partial charge < -0.3 is 9.67 Å². The molecule has 1 aromatic heterocycles. The molecule has 1 saturated carbocycles. The molecule has 7 nitrogen and oxygen atoms in total. The molecule has 122 valence electrons. The second-order valence-electron chi connectivity index (χ2n) is 6.39. The maximum absolute atomic E-state index is 12.9. The van der Waals surface area contributed by atoms with E-state index >= 15 is 0 Å². The van der Waals surface area contributed by atoms with Crippen molar-refractivity contribution in [1.29, 1.82) is 0 Å². The van der Waals surface area contributed by atoms with Gasteiger partial charge in [-0.15, -0.1) is 0 Å². The van der Waals surface area contributed by atoms with E-state index < -0.39 is 19.4 Å². The standard InChI is InChI=1S/C15H18N3O4P/c1-9-4-5-17(11-2-3-11)23-8-16-6-10(7-19)13(20)14(21)12(16)15(22)18(9)23/h6-7,9,11,21H,2-5,8H2,1H3. The third kappa shape index (κ3) is 2.14. The number of fused-ring (bicyclic) bond motifs is 2. The minimum Gasteiger partial charge on any atom is -0.503 e. The summed E-state index contributed by atoms with van der Waals surface area (Å²) in [4.78, 5) is 35.9. The van der Waals surface area contributed by atoms with Gasteiger partial charge in [0.2, 0.25) is 5.43 Å². The van der Waals surface area contributed by atoms with Gasteiger partial charge in [0, 0.05) is 24.8 Å². The minimum absolute atomic E-state index is 0.0175. The number of aromatic nitrogens is 1. The highest BCUT2D eigenvalue weighted by Crippen LogP contribution is 2.58. The van der Waals surface area contributed by atoms with Gasteiger partial charge in [-0.1, -0.05) is 0 Å². The van der Waals surface area contributed by atoms with Crippen molar-refractivity contribution in [2.45, 2.75) is 44.6 Å². The number of nitrogens with zero attached hydrogens (tertiary/aromatic N) is 3. The number of hydrogen-bond donors (Lipinski definition) is 1. The van der Waals surface area contributed by atoms with Crippen LogP contribution in [0.25, 0.3) is 0 Å². The Morgan fingerprint density at radius 3 is 2.70 bits per heavy atom. The van der Waals surface area contributed by atoms with Gasteiger partial charge in [-0.25, -0.2) is 0 Å². The summed E-state index contributed by atoms with van der Waals surface area (Å²) in [6.45, 7) is 2.99. The van der Waals surface area contributed by atoms with Crippen molar-refractivity contribution >= 4 is 20.4 Å². The van der Waals surface area contributed by atoms with Crippen LogP contribution in [-0.4, -0.2) is 49.8 Å². The summed E-state index contributed by atoms with van der Waals surface area (Å²) in [5.41, 5.74) is -0.857. The highest BCUT2D eigenvalue weighted by Gasteiger charge is 2.47. The van der Waals surface area contributed by atoms with Crippen LogP contribution in [0, 0.1) is 0 Å². The van der Waals surface area contributed by atoms with Crippen LogP contribution in [0.5, 0.6) is 5.75 Å². The maximum atomic E-state index is 12.9. The molecule has 2 unspecified atom stereocenters. The van der Waals surface area contributed by atoms with Crippen molar-refractivity contribution in [1.82, 2.24) is 13.9 Å². The predicted molar refractivity (Wildman–Crippen MR) is 84.7 cm³/mol. The largest absolute Gasteiger partial charge is 0.503 e. The Labute approximate surface area is 134 Å². The Kier molecular flexibility index (Phi) is 3.32. The first-order valence-electron chi connectivity index (χ1n) is 7.82. The van der Waals surface area contributed by atoms with Crippen molar-refractivity contribution in [3.63, 3.8) is 0 Å². The van der Waals surface area contributed by atoms with Gasteiger partial charge in [-0.05, 0) is 26.2 Å². The zero-order valence-corrected chi connectivity index (χ0v) is 13.7. The fourth-order valence-corrected chi connectivity index (χ4v) is 6.31. The van der Waals surface area contributed by atoms with Crippen LogP contribution in [0.3, 0.4) is 0 Å². The molecule has 1 amide bonds. The normalized spacial score (nSPS) is 27.5. The number of aldehydes is 1. The molecule has 1 aliphatic carbocycles. The van der Waals surface area contributed by atoms with Gasteiger partial charge in [0.05, 0.1) is 20.1 Å². The van der Waals surface area contributed by atoms with E-state index in [9.17, 15) is 19.5 Å². The van der Waals surface area contributed by atoms with Gasteiger partial charge in [0.15, 0.2) is 17.7 Å². The molecule has 0 bridgehead atoms. The first kappa shape index (κ1) is 14.8. The van der Waals surface area contributed by atoms with E-state index in [1.54, 1.807) is 4.57 Å². The van der Waals surface area contributed by atoms with E-state index in [-0.39, 0.29) is 23.2 Å². The summed E-state index contributed by atoms with van der Waals surface area (Å²) in [6.07, 6.45) is 5.60. The van der Waals surface area contributed by atoms with E-state index in [4.69, 9.17) is 0 Å². The van der Waals surface area contributed by atoms with Crippen LogP contribution in [-0.2, 0) is 6.29 Å². The first-order chi connectivity index (χ1) is 11.0. The Morgan fingerprint density at radius 2 is 2.04 bits per heavy atom. The van der Waals surface area contributed by atoms with Crippen molar-refractivity contribution in [2.24, 2.45) is 0 Å². The van der Waals surface area contributed by atoms with E-state index in [1.165, 1.54) is 6.20 Å². The molecule has 0 spiro atoms. The number of pyridine rings is 1. The molecule has 1 saturated heterocycles. The molecule has 1 N–H and O–H groups in total. The Morgan fingerprint density at radius 1 is 1.30 bits per heavy atom. The summed E-state index contributed by atoms with van der Waals surface area (Å²) in [5.74, 6) is -0.905. The third-order valence-electron chi connectivity index (χ3n) is 4.81. The third-order valence-corrected chi connectivity index (χ3v) is 7.56. The highest BCUT2D eigenvalue weighted by atomic mass is 31.1. The summed E-state index contributed by atoms with van der Waals surface area (Å²) in [6, 6.07) is 0.640. The van der Waals surface area contributed by atoms with Crippen molar-refractivity contribution < 1.29 is 14.7 Å². The van der Waals surface area contributed by atoms with Crippen LogP contribution in [0.2, 0.25) is 0 Å². The topological polar surface area (TPSA) is 82.9 Å². The lowest BCUT2D eigenvalue weighted by Gasteiger charge is -2.49. The number of aromatic hydroxyl groups is 1. The fraction of sp³-hybridized carbons (Fsp3) is 0.533. The van der Waals surface area contributed by atoms with Crippen molar-refractivity contribution in [3.05, 3.63) is 27.7 Å². The molecule has 8 heteroatoms. The molecule has 3 heterocycles. The summed E-state index contributed by atoms with van der Waals surface area (Å²) >= 11 is 0. The lowest BCUT2D eigenvalue weighted by Crippen LogP contribution is -2.50. The smallest absolute Gasteiger partial charge is 0.278 e. The molecule has 0 aromatic carbocycles. The molecule has 3 aliphatic rings. The van der Waals surface area contributed by atoms with Gasteiger partial charge in [0.25, 0.3) is 5.91 Å². The van der Waals surface area contributed by atoms with E-state index in [0.29, 0.717) is 18.6 Å². The molecule has 23 heavy (non-hydrogen) atoms. The van der Waals surface area contributed by atoms with Crippen LogP contribution in [0.1, 0.15) is 47.0 Å². The second-order valence-corrected chi connectivity index (χ2v) is 8.37. The van der Waals surface area contributed by atoms with E-state index in [0.717, 1.165) is 25.8 Å². The first-order valence-corrected chi connectivity index (χ1v) is 9.25. The maximum Gasteiger partial charge on any atom is 0.278 e. The molecular weight excluding hydrogens is 317 g/mol. The van der Waals surface area contributed by atoms with E-state index in [2.05, 4.69) is 4.67 Å². The second kappa shape index (κ2) is 5.14. The summed E-state index contributed by atoms with van der Waals surface area (Å²) < 4.78 is 5.86. The Bertz CT molecular complexity index is 758. The number of carbonyl (C=O) groups is 2. The van der Waals surface area contributed by atoms with Gasteiger partial charge >= 0.3 is 0 Å². The number of hydrogen-bond acceptors (Lipinski definition) is 5. The van der Waals surface area contributed by atoms with Crippen LogP contribution in [0.4, 0.5) is 0 Å².